The van der Waals surface area contributed by atoms with Gasteiger partial charge in [-0.15, -0.1) is 0 Å². The molecule has 0 aromatic rings. The SMILES string of the molecule is CCCCCCC(C)(F)C(=O)OC1C2CCC(C2)C1O. The molecule has 2 fully saturated rings. The van der Waals surface area contributed by atoms with Crippen molar-refractivity contribution in [2.45, 2.75) is 83.1 Å². The summed E-state index contributed by atoms with van der Waals surface area (Å²) in [5, 5.41) is 10.0. The lowest BCUT2D eigenvalue weighted by atomic mass is 9.94. The average Bonchev–Trinajstić information content (AvgIpc) is 2.98. The van der Waals surface area contributed by atoms with Crippen LogP contribution in [0.15, 0.2) is 0 Å². The summed E-state index contributed by atoms with van der Waals surface area (Å²) in [4.78, 5) is 12.0. The molecule has 2 aliphatic rings. The predicted octanol–water partition coefficient (Wildman–Crippen LogP) is 3.39. The lowest BCUT2D eigenvalue weighted by Gasteiger charge is -2.29. The molecule has 0 aromatic carbocycles. The fourth-order valence-electron chi connectivity index (χ4n) is 3.61. The van der Waals surface area contributed by atoms with E-state index in [9.17, 15) is 14.3 Å². The lowest BCUT2D eigenvalue weighted by molar-refractivity contribution is -0.172. The standard InChI is InChI=1S/C16H27FO3/c1-3-4-5-6-9-16(2,17)15(19)20-14-12-8-7-11(10-12)13(14)18/h11-14,18H,3-10H2,1-2H3. The molecule has 20 heavy (non-hydrogen) atoms. The minimum absolute atomic E-state index is 0.211. The number of ether oxygens (including phenoxy) is 1. The molecular formula is C16H27FO3. The molecular weight excluding hydrogens is 259 g/mol. The molecule has 0 radical (unpaired) electrons. The maximum absolute atomic E-state index is 14.4. The van der Waals surface area contributed by atoms with E-state index >= 15 is 0 Å². The normalized spacial score (nSPS) is 35.0. The smallest absolute Gasteiger partial charge is 0.343 e. The van der Waals surface area contributed by atoms with Crippen molar-refractivity contribution in [2.75, 3.05) is 0 Å². The number of fused-ring (bicyclic) bond motifs is 2. The summed E-state index contributed by atoms with van der Waals surface area (Å²) in [6, 6.07) is 0. The summed E-state index contributed by atoms with van der Waals surface area (Å²) in [5.41, 5.74) is -1.92. The van der Waals surface area contributed by atoms with Crippen molar-refractivity contribution >= 4 is 5.97 Å². The van der Waals surface area contributed by atoms with Gasteiger partial charge in [-0.1, -0.05) is 26.2 Å². The summed E-state index contributed by atoms with van der Waals surface area (Å²) < 4.78 is 19.7. The molecule has 0 heterocycles. The summed E-state index contributed by atoms with van der Waals surface area (Å²) in [5.74, 6) is -0.311. The fourth-order valence-corrected chi connectivity index (χ4v) is 3.61. The first-order valence-corrected chi connectivity index (χ1v) is 8.03. The van der Waals surface area contributed by atoms with Crippen LogP contribution in [0.1, 0.15) is 65.2 Å². The van der Waals surface area contributed by atoms with Gasteiger partial charge in [-0.25, -0.2) is 9.18 Å². The zero-order valence-corrected chi connectivity index (χ0v) is 12.6. The molecule has 0 spiro atoms. The molecule has 5 unspecified atom stereocenters. The molecule has 2 bridgehead atoms. The molecule has 5 atom stereocenters. The maximum atomic E-state index is 14.4. The largest absolute Gasteiger partial charge is 0.457 e. The van der Waals surface area contributed by atoms with Crippen molar-refractivity contribution in [1.29, 1.82) is 0 Å². The van der Waals surface area contributed by atoms with Gasteiger partial charge in [-0.2, -0.15) is 0 Å². The third kappa shape index (κ3) is 3.33. The second-order valence-corrected chi connectivity index (χ2v) is 6.70. The first-order valence-electron chi connectivity index (χ1n) is 8.03. The highest BCUT2D eigenvalue weighted by Crippen LogP contribution is 2.46. The monoisotopic (exact) mass is 286 g/mol. The van der Waals surface area contributed by atoms with Gasteiger partial charge >= 0.3 is 5.97 Å². The third-order valence-corrected chi connectivity index (χ3v) is 4.97. The van der Waals surface area contributed by atoms with Crippen LogP contribution in [0.5, 0.6) is 0 Å². The van der Waals surface area contributed by atoms with Crippen molar-refractivity contribution in [1.82, 2.24) is 0 Å². The van der Waals surface area contributed by atoms with Gasteiger partial charge in [0.25, 0.3) is 0 Å². The molecule has 0 saturated heterocycles. The lowest BCUT2D eigenvalue weighted by Crippen LogP contribution is -2.42. The number of carbonyl (C=O) groups is 1. The second kappa shape index (κ2) is 6.42. The Hall–Kier alpha value is -0.640. The van der Waals surface area contributed by atoms with Gasteiger partial charge in [0.1, 0.15) is 6.10 Å². The Kier molecular flexibility index (Phi) is 5.05. The zero-order valence-electron chi connectivity index (χ0n) is 12.6. The number of aliphatic hydroxyl groups excluding tert-OH is 1. The van der Waals surface area contributed by atoms with Crippen LogP contribution >= 0.6 is 0 Å². The highest BCUT2D eigenvalue weighted by molar-refractivity contribution is 5.79. The van der Waals surface area contributed by atoms with E-state index < -0.39 is 23.8 Å². The van der Waals surface area contributed by atoms with Crippen LogP contribution in [-0.2, 0) is 9.53 Å². The number of aliphatic hydroxyl groups is 1. The van der Waals surface area contributed by atoms with Gasteiger partial charge in [-0.05, 0) is 50.9 Å². The zero-order chi connectivity index (χ0) is 14.8. The van der Waals surface area contributed by atoms with E-state index in [-0.39, 0.29) is 18.3 Å². The number of rotatable bonds is 7. The van der Waals surface area contributed by atoms with Crippen LogP contribution in [-0.4, -0.2) is 29.0 Å². The predicted molar refractivity (Wildman–Crippen MR) is 75.0 cm³/mol. The van der Waals surface area contributed by atoms with Crippen molar-refractivity contribution in [3.63, 3.8) is 0 Å². The number of unbranched alkanes of at least 4 members (excludes halogenated alkanes) is 3. The average molecular weight is 286 g/mol. The Morgan fingerprint density at radius 3 is 2.60 bits per heavy atom. The van der Waals surface area contributed by atoms with E-state index in [1.807, 2.05) is 0 Å². The number of hydrogen-bond acceptors (Lipinski definition) is 3. The maximum Gasteiger partial charge on any atom is 0.343 e. The van der Waals surface area contributed by atoms with Gasteiger partial charge in [-0.3, -0.25) is 0 Å². The molecule has 1 N–H and O–H groups in total. The summed E-state index contributed by atoms with van der Waals surface area (Å²) in [6.45, 7) is 3.40. The van der Waals surface area contributed by atoms with Crippen LogP contribution in [0.2, 0.25) is 0 Å². The van der Waals surface area contributed by atoms with Crippen molar-refractivity contribution in [2.24, 2.45) is 11.8 Å². The molecule has 2 rings (SSSR count). The van der Waals surface area contributed by atoms with Crippen molar-refractivity contribution in [3.05, 3.63) is 0 Å². The minimum atomic E-state index is -1.92. The highest BCUT2D eigenvalue weighted by Gasteiger charge is 2.50. The van der Waals surface area contributed by atoms with Gasteiger partial charge in [0.05, 0.1) is 6.10 Å². The number of alkyl halides is 1. The summed E-state index contributed by atoms with van der Waals surface area (Å²) in [6.07, 6.45) is 5.85. The Bertz CT molecular complexity index is 341. The van der Waals surface area contributed by atoms with E-state index in [0.29, 0.717) is 6.42 Å². The highest BCUT2D eigenvalue weighted by atomic mass is 19.1. The quantitative estimate of drug-likeness (QED) is 0.576. The van der Waals surface area contributed by atoms with Crippen LogP contribution < -0.4 is 0 Å². The molecule has 2 aliphatic carbocycles. The van der Waals surface area contributed by atoms with E-state index in [1.54, 1.807) is 0 Å². The van der Waals surface area contributed by atoms with Crippen LogP contribution in [0.4, 0.5) is 4.39 Å². The Labute approximate surface area is 120 Å². The Balaban J connectivity index is 1.81. The second-order valence-electron chi connectivity index (χ2n) is 6.70. The van der Waals surface area contributed by atoms with E-state index in [4.69, 9.17) is 4.74 Å². The summed E-state index contributed by atoms with van der Waals surface area (Å²) >= 11 is 0. The molecule has 0 aromatic heterocycles. The van der Waals surface area contributed by atoms with Crippen LogP contribution in [0.3, 0.4) is 0 Å². The molecule has 3 nitrogen and oxygen atoms in total. The molecule has 0 amide bonds. The van der Waals surface area contributed by atoms with Gasteiger partial charge in [0.15, 0.2) is 0 Å². The van der Waals surface area contributed by atoms with Gasteiger partial charge < -0.3 is 9.84 Å². The van der Waals surface area contributed by atoms with Crippen molar-refractivity contribution in [3.8, 4) is 0 Å². The number of esters is 1. The number of hydrogen-bond donors (Lipinski definition) is 1. The molecule has 2 saturated carbocycles. The first kappa shape index (κ1) is 15.7. The Morgan fingerprint density at radius 1 is 1.30 bits per heavy atom. The Morgan fingerprint density at radius 2 is 2.00 bits per heavy atom. The number of carbonyl (C=O) groups excluding carboxylic acids is 1. The van der Waals surface area contributed by atoms with Gasteiger partial charge in [0, 0.05) is 0 Å². The molecule has 116 valence electrons. The van der Waals surface area contributed by atoms with Crippen LogP contribution in [0, 0.1) is 11.8 Å². The van der Waals surface area contributed by atoms with Crippen LogP contribution in [0.25, 0.3) is 0 Å². The topological polar surface area (TPSA) is 46.5 Å². The van der Waals surface area contributed by atoms with E-state index in [0.717, 1.165) is 38.5 Å². The molecule has 4 heteroatoms. The number of halogens is 1. The minimum Gasteiger partial charge on any atom is -0.457 e. The van der Waals surface area contributed by atoms with E-state index in [2.05, 4.69) is 6.92 Å². The van der Waals surface area contributed by atoms with Gasteiger partial charge in [0.2, 0.25) is 5.67 Å². The summed E-state index contributed by atoms with van der Waals surface area (Å²) in [7, 11) is 0. The third-order valence-electron chi connectivity index (χ3n) is 4.97. The fraction of sp³-hybridized carbons (Fsp3) is 0.938. The first-order chi connectivity index (χ1) is 9.45. The van der Waals surface area contributed by atoms with E-state index in [1.165, 1.54) is 6.92 Å². The molecule has 0 aliphatic heterocycles. The van der Waals surface area contributed by atoms with Crippen molar-refractivity contribution < 1.29 is 19.0 Å².